The molecule has 4 rings (SSSR count). The monoisotopic (exact) mass is 489 g/mol. The van der Waals surface area contributed by atoms with Crippen LogP contribution in [-0.4, -0.2) is 72.5 Å². The number of nitrogens with zero attached hydrogens (tertiary/aromatic N) is 3. The van der Waals surface area contributed by atoms with Gasteiger partial charge in [0, 0.05) is 26.2 Å². The number of thioether (sulfide) groups is 1. The van der Waals surface area contributed by atoms with Crippen LogP contribution >= 0.6 is 11.8 Å². The van der Waals surface area contributed by atoms with Crippen molar-refractivity contribution in [2.24, 2.45) is 0 Å². The first-order valence-corrected chi connectivity index (χ1v) is 12.8. The summed E-state index contributed by atoms with van der Waals surface area (Å²) in [6.45, 7) is 2.32. The van der Waals surface area contributed by atoms with Gasteiger partial charge in [0.15, 0.2) is 11.7 Å². The van der Waals surface area contributed by atoms with E-state index < -0.39 is 22.1 Å². The minimum Gasteiger partial charge on any atom is -0.452 e. The molecular formula is C22H23N3O6S2. The molecule has 1 atom stereocenters. The average Bonchev–Trinajstić information content (AvgIpc) is 3.26. The SMILES string of the molecule is CC(OC(=O)CSc1nc2ccccc2o1)C(=O)N1CCN(S(=O)(=O)c2ccccc2)CC1. The van der Waals surface area contributed by atoms with Crippen molar-refractivity contribution in [3.05, 3.63) is 54.6 Å². The highest BCUT2D eigenvalue weighted by atomic mass is 32.2. The first-order chi connectivity index (χ1) is 15.8. The van der Waals surface area contributed by atoms with Gasteiger partial charge in [0.25, 0.3) is 11.1 Å². The summed E-state index contributed by atoms with van der Waals surface area (Å²) in [5.41, 5.74) is 1.33. The maximum absolute atomic E-state index is 12.7. The molecule has 0 N–H and O–H groups in total. The van der Waals surface area contributed by atoms with Crippen LogP contribution in [-0.2, 0) is 24.3 Å². The molecule has 2 aromatic carbocycles. The molecule has 1 aliphatic heterocycles. The Morgan fingerprint density at radius 3 is 2.42 bits per heavy atom. The molecule has 1 unspecified atom stereocenters. The van der Waals surface area contributed by atoms with Crippen molar-refractivity contribution in [1.82, 2.24) is 14.2 Å². The first-order valence-electron chi connectivity index (χ1n) is 10.4. The molecule has 9 nitrogen and oxygen atoms in total. The Morgan fingerprint density at radius 2 is 1.73 bits per heavy atom. The van der Waals surface area contributed by atoms with Crippen LogP contribution in [0.2, 0.25) is 0 Å². The highest BCUT2D eigenvalue weighted by Gasteiger charge is 2.32. The van der Waals surface area contributed by atoms with Gasteiger partial charge in [-0.15, -0.1) is 0 Å². The molecule has 3 aromatic rings. The van der Waals surface area contributed by atoms with E-state index in [2.05, 4.69) is 4.98 Å². The van der Waals surface area contributed by atoms with E-state index in [-0.39, 0.29) is 42.7 Å². The van der Waals surface area contributed by atoms with E-state index in [1.807, 2.05) is 18.2 Å². The summed E-state index contributed by atoms with van der Waals surface area (Å²) in [6, 6.07) is 15.5. The summed E-state index contributed by atoms with van der Waals surface area (Å²) in [6.07, 6.45) is -0.973. The van der Waals surface area contributed by atoms with E-state index in [1.54, 1.807) is 36.4 Å². The topological polar surface area (TPSA) is 110 Å². The molecule has 0 saturated carbocycles. The van der Waals surface area contributed by atoms with Crippen LogP contribution in [0.4, 0.5) is 0 Å². The number of oxazole rings is 1. The molecule has 1 aliphatic rings. The number of ether oxygens (including phenoxy) is 1. The lowest BCUT2D eigenvalue weighted by molar-refractivity contribution is -0.157. The fourth-order valence-electron chi connectivity index (χ4n) is 3.46. The van der Waals surface area contributed by atoms with Crippen LogP contribution in [0, 0.1) is 0 Å². The molecule has 174 valence electrons. The van der Waals surface area contributed by atoms with Crippen LogP contribution in [0.5, 0.6) is 0 Å². The van der Waals surface area contributed by atoms with Gasteiger partial charge in [0.1, 0.15) is 11.3 Å². The van der Waals surface area contributed by atoms with E-state index in [4.69, 9.17) is 9.15 Å². The lowest BCUT2D eigenvalue weighted by Gasteiger charge is -2.35. The zero-order valence-corrected chi connectivity index (χ0v) is 19.5. The number of benzene rings is 2. The fraction of sp³-hybridized carbons (Fsp3) is 0.318. The molecule has 2 heterocycles. The van der Waals surface area contributed by atoms with Gasteiger partial charge in [-0.3, -0.25) is 9.59 Å². The van der Waals surface area contributed by atoms with E-state index in [0.717, 1.165) is 11.8 Å². The highest BCUT2D eigenvalue weighted by Crippen LogP contribution is 2.23. The van der Waals surface area contributed by atoms with E-state index in [1.165, 1.54) is 16.1 Å². The number of carbonyl (C=O) groups is 2. The highest BCUT2D eigenvalue weighted by molar-refractivity contribution is 7.99. The van der Waals surface area contributed by atoms with Crippen LogP contribution in [0.25, 0.3) is 11.1 Å². The number of fused-ring (bicyclic) bond motifs is 1. The Hall–Kier alpha value is -2.89. The number of piperazine rings is 1. The van der Waals surface area contributed by atoms with Crippen molar-refractivity contribution in [2.75, 3.05) is 31.9 Å². The third-order valence-electron chi connectivity index (χ3n) is 5.18. The fourth-order valence-corrected chi connectivity index (χ4v) is 5.53. The molecule has 0 bridgehead atoms. The average molecular weight is 490 g/mol. The number of aromatic nitrogens is 1. The first kappa shape index (κ1) is 23.3. The van der Waals surface area contributed by atoms with Crippen molar-refractivity contribution < 1.29 is 27.2 Å². The molecule has 1 aromatic heterocycles. The standard InChI is InChI=1S/C22H23N3O6S2/c1-16(30-20(26)15-32-22-23-18-9-5-6-10-19(18)31-22)21(27)24-11-13-25(14-12-24)33(28,29)17-7-3-2-4-8-17/h2-10,16H,11-15H2,1H3. The zero-order chi connectivity index (χ0) is 23.4. The molecule has 0 spiro atoms. The number of carbonyl (C=O) groups excluding carboxylic acids is 2. The predicted octanol–water partition coefficient (Wildman–Crippen LogP) is 2.38. The van der Waals surface area contributed by atoms with E-state index >= 15 is 0 Å². The Bertz CT molecular complexity index is 1200. The normalized spacial score (nSPS) is 16.0. The Kier molecular flexibility index (Phi) is 7.01. The molecule has 1 saturated heterocycles. The van der Waals surface area contributed by atoms with Gasteiger partial charge in [-0.05, 0) is 31.2 Å². The van der Waals surface area contributed by atoms with Crippen molar-refractivity contribution >= 4 is 44.8 Å². The summed E-state index contributed by atoms with van der Waals surface area (Å²) in [5, 5.41) is 0.350. The van der Waals surface area contributed by atoms with Crippen LogP contribution < -0.4 is 0 Å². The maximum atomic E-state index is 12.7. The second-order valence-corrected chi connectivity index (χ2v) is 10.3. The number of hydrogen-bond donors (Lipinski definition) is 0. The molecule has 33 heavy (non-hydrogen) atoms. The van der Waals surface area contributed by atoms with Gasteiger partial charge in [0.05, 0.1) is 4.90 Å². The number of esters is 1. The van der Waals surface area contributed by atoms with Crippen LogP contribution in [0.3, 0.4) is 0 Å². The van der Waals surface area contributed by atoms with E-state index in [0.29, 0.717) is 16.3 Å². The van der Waals surface area contributed by atoms with Crippen molar-refractivity contribution in [1.29, 1.82) is 0 Å². The smallest absolute Gasteiger partial charge is 0.317 e. The number of amides is 1. The van der Waals surface area contributed by atoms with Gasteiger partial charge in [-0.1, -0.05) is 42.1 Å². The third kappa shape index (κ3) is 5.37. The Labute approximate surface area is 195 Å². The maximum Gasteiger partial charge on any atom is 0.317 e. The van der Waals surface area contributed by atoms with Gasteiger partial charge in [0.2, 0.25) is 10.0 Å². The van der Waals surface area contributed by atoms with Crippen LogP contribution in [0.1, 0.15) is 6.92 Å². The van der Waals surface area contributed by atoms with Crippen molar-refractivity contribution in [2.45, 2.75) is 23.1 Å². The second kappa shape index (κ2) is 9.94. The lowest BCUT2D eigenvalue weighted by Crippen LogP contribution is -2.52. The molecule has 1 fully saturated rings. The molecular weight excluding hydrogens is 466 g/mol. The minimum absolute atomic E-state index is 0.0481. The Balaban J connectivity index is 1.25. The number of sulfonamides is 1. The lowest BCUT2D eigenvalue weighted by atomic mass is 10.3. The largest absolute Gasteiger partial charge is 0.452 e. The van der Waals surface area contributed by atoms with Gasteiger partial charge in [-0.2, -0.15) is 4.31 Å². The summed E-state index contributed by atoms with van der Waals surface area (Å²) >= 11 is 1.09. The quantitative estimate of drug-likeness (QED) is 0.368. The van der Waals surface area contributed by atoms with Crippen molar-refractivity contribution in [3.8, 4) is 0 Å². The third-order valence-corrected chi connectivity index (χ3v) is 7.89. The van der Waals surface area contributed by atoms with Gasteiger partial charge < -0.3 is 14.1 Å². The molecule has 0 radical (unpaired) electrons. The van der Waals surface area contributed by atoms with Gasteiger partial charge >= 0.3 is 5.97 Å². The van der Waals surface area contributed by atoms with E-state index in [9.17, 15) is 18.0 Å². The Morgan fingerprint density at radius 1 is 1.06 bits per heavy atom. The zero-order valence-electron chi connectivity index (χ0n) is 17.9. The van der Waals surface area contributed by atoms with Crippen molar-refractivity contribution in [3.63, 3.8) is 0 Å². The summed E-state index contributed by atoms with van der Waals surface area (Å²) in [7, 11) is -3.60. The number of para-hydroxylation sites is 2. The molecule has 0 aliphatic carbocycles. The van der Waals surface area contributed by atoms with Crippen LogP contribution in [0.15, 0.2) is 69.1 Å². The summed E-state index contributed by atoms with van der Waals surface area (Å²) < 4.78 is 37.6. The second-order valence-electron chi connectivity index (χ2n) is 7.41. The molecule has 11 heteroatoms. The minimum atomic E-state index is -3.60. The van der Waals surface area contributed by atoms with Gasteiger partial charge in [-0.25, -0.2) is 13.4 Å². The summed E-state index contributed by atoms with van der Waals surface area (Å²) in [5.74, 6) is -0.964. The summed E-state index contributed by atoms with van der Waals surface area (Å²) in [4.78, 5) is 30.9. The number of rotatable bonds is 7. The molecule has 1 amide bonds. The number of hydrogen-bond acceptors (Lipinski definition) is 8. The predicted molar refractivity (Wildman–Crippen MR) is 122 cm³/mol.